The number of hydrogen-bond acceptors (Lipinski definition) is 4. The van der Waals surface area contributed by atoms with Crippen LogP contribution in [0.25, 0.3) is 0 Å². The maximum absolute atomic E-state index is 6.10. The number of nitrogens with one attached hydrogen (secondary N) is 2. The first-order valence-corrected chi connectivity index (χ1v) is 9.92. The van der Waals surface area contributed by atoms with E-state index in [4.69, 9.17) is 9.47 Å². The maximum atomic E-state index is 6.10. The summed E-state index contributed by atoms with van der Waals surface area (Å²) >= 11 is 0. The minimum atomic E-state index is 0.133. The highest BCUT2D eigenvalue weighted by Crippen LogP contribution is 2.33. The smallest absolute Gasteiger partial charge is 0.191 e. The molecule has 2 atom stereocenters. The van der Waals surface area contributed by atoms with E-state index in [-0.39, 0.29) is 6.10 Å². The summed E-state index contributed by atoms with van der Waals surface area (Å²) in [6.45, 7) is 4.97. The molecule has 28 heavy (non-hydrogen) atoms. The Morgan fingerprint density at radius 3 is 2.86 bits per heavy atom. The third kappa shape index (κ3) is 5.96. The van der Waals surface area contributed by atoms with Crippen LogP contribution in [0, 0.1) is 12.8 Å². The normalized spacial score (nSPS) is 19.9. The Kier molecular flexibility index (Phi) is 7.67. The van der Waals surface area contributed by atoms with Gasteiger partial charge in [0.1, 0.15) is 12.4 Å². The molecule has 0 aliphatic carbocycles. The van der Waals surface area contributed by atoms with Crippen molar-refractivity contribution in [2.45, 2.75) is 25.9 Å². The van der Waals surface area contributed by atoms with Crippen LogP contribution in [-0.2, 0) is 4.74 Å². The summed E-state index contributed by atoms with van der Waals surface area (Å²) in [6.07, 6.45) is 5.82. The fourth-order valence-electron chi connectivity index (χ4n) is 3.40. The number of aryl methyl sites for hydroxylation is 1. The number of ether oxygens (including phenoxy) is 2. The number of aliphatic imine (C=N–C) groups is 1. The topological polar surface area (TPSA) is 67.8 Å². The van der Waals surface area contributed by atoms with Crippen LogP contribution in [0.3, 0.4) is 0 Å². The lowest BCUT2D eigenvalue weighted by Crippen LogP contribution is -2.43. The fraction of sp³-hybridized carbons (Fsp3) is 0.455. The van der Waals surface area contributed by atoms with Crippen LogP contribution in [0.2, 0.25) is 0 Å². The molecule has 1 aliphatic rings. The summed E-state index contributed by atoms with van der Waals surface area (Å²) < 4.78 is 11.8. The summed E-state index contributed by atoms with van der Waals surface area (Å²) in [6, 6.07) is 12.4. The molecule has 0 bridgehead atoms. The maximum Gasteiger partial charge on any atom is 0.191 e. The van der Waals surface area contributed by atoms with Gasteiger partial charge in [-0.3, -0.25) is 9.98 Å². The van der Waals surface area contributed by atoms with E-state index in [1.165, 1.54) is 11.1 Å². The Balaban J connectivity index is 1.45. The van der Waals surface area contributed by atoms with Crippen molar-refractivity contribution in [2.24, 2.45) is 10.9 Å². The van der Waals surface area contributed by atoms with Crippen LogP contribution in [0.1, 0.15) is 30.1 Å². The molecule has 0 saturated carbocycles. The van der Waals surface area contributed by atoms with Gasteiger partial charge in [0.15, 0.2) is 5.96 Å². The summed E-state index contributed by atoms with van der Waals surface area (Å²) in [5.74, 6) is 1.97. The van der Waals surface area contributed by atoms with Crippen LogP contribution in [-0.4, -0.2) is 44.3 Å². The average Bonchev–Trinajstić information content (AvgIpc) is 2.75. The van der Waals surface area contributed by atoms with Crippen LogP contribution < -0.4 is 15.4 Å². The van der Waals surface area contributed by atoms with E-state index in [1.807, 2.05) is 12.1 Å². The van der Waals surface area contributed by atoms with Gasteiger partial charge >= 0.3 is 0 Å². The zero-order valence-corrected chi connectivity index (χ0v) is 16.7. The predicted molar refractivity (Wildman–Crippen MR) is 112 cm³/mol. The molecule has 0 spiro atoms. The summed E-state index contributed by atoms with van der Waals surface area (Å²) in [5.41, 5.74) is 2.53. The van der Waals surface area contributed by atoms with E-state index in [1.54, 1.807) is 19.4 Å². The van der Waals surface area contributed by atoms with Crippen molar-refractivity contribution in [3.8, 4) is 5.75 Å². The molecule has 0 amide bonds. The number of benzene rings is 1. The molecule has 0 radical (unpaired) electrons. The molecule has 6 heteroatoms. The predicted octanol–water partition coefficient (Wildman–Crippen LogP) is 3.10. The molecule has 1 aromatic carbocycles. The second kappa shape index (κ2) is 10.7. The number of pyridine rings is 1. The van der Waals surface area contributed by atoms with Gasteiger partial charge in [-0.15, -0.1) is 0 Å². The molecule has 2 N–H and O–H groups in total. The largest absolute Gasteiger partial charge is 0.490 e. The Morgan fingerprint density at radius 1 is 1.25 bits per heavy atom. The van der Waals surface area contributed by atoms with Gasteiger partial charge in [0.05, 0.1) is 18.8 Å². The third-order valence-electron chi connectivity index (χ3n) is 4.90. The number of rotatable bonds is 7. The monoisotopic (exact) mass is 382 g/mol. The lowest BCUT2D eigenvalue weighted by Gasteiger charge is -2.32. The van der Waals surface area contributed by atoms with Crippen molar-refractivity contribution >= 4 is 5.96 Å². The first kappa shape index (κ1) is 20.1. The minimum absolute atomic E-state index is 0.133. The van der Waals surface area contributed by atoms with Gasteiger partial charge in [0.25, 0.3) is 0 Å². The number of guanidine groups is 1. The molecule has 3 rings (SSSR count). The molecule has 6 nitrogen and oxygen atoms in total. The highest BCUT2D eigenvalue weighted by molar-refractivity contribution is 5.79. The quantitative estimate of drug-likeness (QED) is 0.438. The van der Waals surface area contributed by atoms with E-state index in [0.717, 1.165) is 37.7 Å². The molecule has 1 saturated heterocycles. The Hall–Kier alpha value is -2.60. The van der Waals surface area contributed by atoms with Crippen LogP contribution in [0.15, 0.2) is 53.8 Å². The molecular weight excluding hydrogens is 352 g/mol. The van der Waals surface area contributed by atoms with Crippen LogP contribution in [0.5, 0.6) is 5.75 Å². The van der Waals surface area contributed by atoms with E-state index in [0.29, 0.717) is 19.1 Å². The molecular formula is C22H30N4O2. The minimum Gasteiger partial charge on any atom is -0.490 e. The lowest BCUT2D eigenvalue weighted by molar-refractivity contribution is -0.0265. The SMILES string of the molecule is CN=C(NCCOc1cccnc1)NCC1CCCOC1c1ccc(C)cc1. The van der Waals surface area contributed by atoms with Crippen molar-refractivity contribution in [2.75, 3.05) is 33.4 Å². The zero-order valence-electron chi connectivity index (χ0n) is 16.7. The van der Waals surface area contributed by atoms with E-state index in [2.05, 4.69) is 51.8 Å². The summed E-state index contributed by atoms with van der Waals surface area (Å²) in [4.78, 5) is 8.35. The van der Waals surface area contributed by atoms with Gasteiger partial charge in [0, 0.05) is 32.3 Å². The van der Waals surface area contributed by atoms with Gasteiger partial charge < -0.3 is 20.1 Å². The summed E-state index contributed by atoms with van der Waals surface area (Å²) in [7, 11) is 1.78. The van der Waals surface area contributed by atoms with Gasteiger partial charge in [-0.25, -0.2) is 0 Å². The second-order valence-electron chi connectivity index (χ2n) is 7.02. The molecule has 1 aliphatic heterocycles. The Morgan fingerprint density at radius 2 is 2.11 bits per heavy atom. The molecule has 2 heterocycles. The van der Waals surface area contributed by atoms with E-state index < -0.39 is 0 Å². The van der Waals surface area contributed by atoms with Crippen LogP contribution >= 0.6 is 0 Å². The van der Waals surface area contributed by atoms with Crippen LogP contribution in [0.4, 0.5) is 0 Å². The van der Waals surface area contributed by atoms with Gasteiger partial charge in [-0.2, -0.15) is 0 Å². The first-order chi connectivity index (χ1) is 13.8. The summed E-state index contributed by atoms with van der Waals surface area (Å²) in [5, 5.41) is 6.73. The average molecular weight is 383 g/mol. The molecule has 2 aromatic rings. The third-order valence-corrected chi connectivity index (χ3v) is 4.90. The van der Waals surface area contributed by atoms with Crippen molar-refractivity contribution in [1.29, 1.82) is 0 Å². The lowest BCUT2D eigenvalue weighted by atomic mass is 9.89. The van der Waals surface area contributed by atoms with Gasteiger partial charge in [0.2, 0.25) is 0 Å². The van der Waals surface area contributed by atoms with E-state index >= 15 is 0 Å². The number of nitrogens with zero attached hydrogens (tertiary/aromatic N) is 2. The Labute approximate surface area is 167 Å². The van der Waals surface area contributed by atoms with Crippen molar-refractivity contribution in [3.05, 3.63) is 59.9 Å². The second-order valence-corrected chi connectivity index (χ2v) is 7.02. The molecule has 150 valence electrons. The Bertz CT molecular complexity index is 734. The molecule has 2 unspecified atom stereocenters. The standard InChI is InChI=1S/C22H30N4O2/c1-17-7-9-18(10-8-17)21-19(5-4-13-28-21)15-26-22(23-2)25-12-14-27-20-6-3-11-24-16-20/h3,6-11,16,19,21H,4-5,12-15H2,1-2H3,(H2,23,25,26). The number of aromatic nitrogens is 1. The van der Waals surface area contributed by atoms with Gasteiger partial charge in [-0.1, -0.05) is 29.8 Å². The zero-order chi connectivity index (χ0) is 19.6. The number of hydrogen-bond donors (Lipinski definition) is 2. The van der Waals surface area contributed by atoms with Gasteiger partial charge in [-0.05, 0) is 37.5 Å². The highest BCUT2D eigenvalue weighted by atomic mass is 16.5. The van der Waals surface area contributed by atoms with Crippen molar-refractivity contribution < 1.29 is 9.47 Å². The molecule has 1 fully saturated rings. The molecule has 1 aromatic heterocycles. The fourth-order valence-corrected chi connectivity index (χ4v) is 3.40. The highest BCUT2D eigenvalue weighted by Gasteiger charge is 2.27. The van der Waals surface area contributed by atoms with E-state index in [9.17, 15) is 0 Å². The van der Waals surface area contributed by atoms with Crippen molar-refractivity contribution in [1.82, 2.24) is 15.6 Å². The first-order valence-electron chi connectivity index (χ1n) is 9.92. The van der Waals surface area contributed by atoms with Crippen molar-refractivity contribution in [3.63, 3.8) is 0 Å².